The number of aliphatic hydroxyl groups excluding tert-OH is 1. The Hall–Kier alpha value is -0.0800. The SMILES string of the molecule is C[C@H](O)[C@H](C)CCCCCCN. The molecule has 0 aliphatic heterocycles. The molecule has 12 heavy (non-hydrogen) atoms. The predicted octanol–water partition coefficient (Wildman–Crippen LogP) is 1.91. The van der Waals surface area contributed by atoms with E-state index in [1.807, 2.05) is 6.92 Å². The molecule has 0 amide bonds. The first-order valence-electron chi connectivity index (χ1n) is 5.06. The standard InChI is InChI=1S/C10H23NO/c1-9(10(2)12)7-5-3-4-6-8-11/h9-10,12H,3-8,11H2,1-2H3/t9-,10+/m1/s1. The van der Waals surface area contributed by atoms with Crippen LogP contribution in [0.25, 0.3) is 0 Å². The molecule has 0 saturated heterocycles. The van der Waals surface area contributed by atoms with Crippen LogP contribution in [0.5, 0.6) is 0 Å². The van der Waals surface area contributed by atoms with Crippen molar-refractivity contribution < 1.29 is 5.11 Å². The van der Waals surface area contributed by atoms with E-state index in [1.54, 1.807) is 0 Å². The average Bonchev–Trinajstić information content (AvgIpc) is 2.03. The van der Waals surface area contributed by atoms with Gasteiger partial charge in [-0.05, 0) is 32.2 Å². The summed E-state index contributed by atoms with van der Waals surface area (Å²) >= 11 is 0. The minimum Gasteiger partial charge on any atom is -0.393 e. The first-order valence-corrected chi connectivity index (χ1v) is 5.06. The molecule has 0 aliphatic rings. The summed E-state index contributed by atoms with van der Waals surface area (Å²) in [6.45, 7) is 4.78. The van der Waals surface area contributed by atoms with Crippen LogP contribution in [-0.2, 0) is 0 Å². The van der Waals surface area contributed by atoms with Crippen molar-refractivity contribution in [2.45, 2.75) is 52.1 Å². The normalized spacial score (nSPS) is 16.0. The van der Waals surface area contributed by atoms with Gasteiger partial charge in [0.2, 0.25) is 0 Å². The van der Waals surface area contributed by atoms with Gasteiger partial charge in [0.25, 0.3) is 0 Å². The fourth-order valence-electron chi connectivity index (χ4n) is 1.21. The van der Waals surface area contributed by atoms with Gasteiger partial charge < -0.3 is 10.8 Å². The lowest BCUT2D eigenvalue weighted by atomic mass is 9.98. The van der Waals surface area contributed by atoms with Crippen LogP contribution >= 0.6 is 0 Å². The molecule has 0 aromatic carbocycles. The van der Waals surface area contributed by atoms with E-state index in [9.17, 15) is 5.11 Å². The molecule has 0 aliphatic carbocycles. The fourth-order valence-corrected chi connectivity index (χ4v) is 1.21. The predicted molar refractivity (Wildman–Crippen MR) is 53.0 cm³/mol. The minimum atomic E-state index is -0.153. The summed E-state index contributed by atoms with van der Waals surface area (Å²) < 4.78 is 0. The highest BCUT2D eigenvalue weighted by molar-refractivity contribution is 4.59. The van der Waals surface area contributed by atoms with Crippen LogP contribution < -0.4 is 5.73 Å². The Kier molecular flexibility index (Phi) is 7.51. The smallest absolute Gasteiger partial charge is 0.0537 e. The zero-order valence-electron chi connectivity index (χ0n) is 8.42. The van der Waals surface area contributed by atoms with E-state index in [0.29, 0.717) is 5.92 Å². The van der Waals surface area contributed by atoms with Gasteiger partial charge in [0.15, 0.2) is 0 Å². The summed E-state index contributed by atoms with van der Waals surface area (Å²) in [6, 6.07) is 0. The Bertz CT molecular complexity index is 93.8. The maximum Gasteiger partial charge on any atom is 0.0537 e. The molecule has 74 valence electrons. The van der Waals surface area contributed by atoms with E-state index in [-0.39, 0.29) is 6.10 Å². The number of hydrogen-bond acceptors (Lipinski definition) is 2. The summed E-state index contributed by atoms with van der Waals surface area (Å²) in [5.74, 6) is 0.447. The summed E-state index contributed by atoms with van der Waals surface area (Å²) in [6.07, 6.45) is 5.86. The zero-order valence-corrected chi connectivity index (χ0v) is 8.42. The van der Waals surface area contributed by atoms with Crippen LogP contribution in [0.15, 0.2) is 0 Å². The highest BCUT2D eigenvalue weighted by Crippen LogP contribution is 2.13. The lowest BCUT2D eigenvalue weighted by molar-refractivity contribution is 0.128. The third-order valence-electron chi connectivity index (χ3n) is 2.44. The zero-order chi connectivity index (χ0) is 9.40. The molecule has 2 atom stereocenters. The molecule has 0 aromatic heterocycles. The first kappa shape index (κ1) is 11.9. The fraction of sp³-hybridized carbons (Fsp3) is 1.00. The lowest BCUT2D eigenvalue weighted by Crippen LogP contribution is -2.12. The Morgan fingerprint density at radius 2 is 1.67 bits per heavy atom. The molecule has 3 N–H and O–H groups in total. The van der Waals surface area contributed by atoms with Crippen LogP contribution in [0.4, 0.5) is 0 Å². The van der Waals surface area contributed by atoms with Gasteiger partial charge >= 0.3 is 0 Å². The molecule has 0 saturated carbocycles. The van der Waals surface area contributed by atoms with Crippen molar-refractivity contribution in [3.8, 4) is 0 Å². The van der Waals surface area contributed by atoms with Gasteiger partial charge in [-0.3, -0.25) is 0 Å². The van der Waals surface area contributed by atoms with E-state index >= 15 is 0 Å². The number of aliphatic hydroxyl groups is 1. The second-order valence-electron chi connectivity index (χ2n) is 3.71. The van der Waals surface area contributed by atoms with Crippen LogP contribution in [0.1, 0.15) is 46.0 Å². The Morgan fingerprint density at radius 3 is 2.17 bits per heavy atom. The molecule has 2 heteroatoms. The second kappa shape index (κ2) is 7.56. The topological polar surface area (TPSA) is 46.2 Å². The van der Waals surface area contributed by atoms with Crippen molar-refractivity contribution in [2.75, 3.05) is 6.54 Å². The first-order chi connectivity index (χ1) is 5.68. The van der Waals surface area contributed by atoms with E-state index in [4.69, 9.17) is 5.73 Å². The molecular formula is C10H23NO. The third-order valence-corrected chi connectivity index (χ3v) is 2.44. The molecule has 0 aromatic rings. The van der Waals surface area contributed by atoms with Crippen LogP contribution in [-0.4, -0.2) is 17.8 Å². The lowest BCUT2D eigenvalue weighted by Gasteiger charge is -2.13. The van der Waals surface area contributed by atoms with Gasteiger partial charge in [0.05, 0.1) is 6.10 Å². The highest BCUT2D eigenvalue weighted by Gasteiger charge is 2.07. The Morgan fingerprint density at radius 1 is 1.08 bits per heavy atom. The average molecular weight is 173 g/mol. The Labute approximate surface area is 76.2 Å². The molecule has 2 nitrogen and oxygen atoms in total. The molecule has 0 spiro atoms. The quantitative estimate of drug-likeness (QED) is 0.578. The van der Waals surface area contributed by atoms with E-state index in [0.717, 1.165) is 19.4 Å². The molecule has 0 radical (unpaired) electrons. The van der Waals surface area contributed by atoms with Gasteiger partial charge in [-0.2, -0.15) is 0 Å². The molecule has 0 bridgehead atoms. The second-order valence-corrected chi connectivity index (χ2v) is 3.71. The summed E-state index contributed by atoms with van der Waals surface area (Å²) in [7, 11) is 0. The van der Waals surface area contributed by atoms with E-state index in [1.165, 1.54) is 19.3 Å². The van der Waals surface area contributed by atoms with Crippen LogP contribution in [0.2, 0.25) is 0 Å². The largest absolute Gasteiger partial charge is 0.393 e. The van der Waals surface area contributed by atoms with Crippen molar-refractivity contribution in [3.63, 3.8) is 0 Å². The van der Waals surface area contributed by atoms with Crippen LogP contribution in [0, 0.1) is 5.92 Å². The van der Waals surface area contributed by atoms with Gasteiger partial charge in [-0.1, -0.05) is 26.2 Å². The van der Waals surface area contributed by atoms with Gasteiger partial charge in [-0.25, -0.2) is 0 Å². The maximum atomic E-state index is 9.20. The monoisotopic (exact) mass is 173 g/mol. The summed E-state index contributed by atoms with van der Waals surface area (Å²) in [5.41, 5.74) is 5.38. The number of rotatable bonds is 7. The van der Waals surface area contributed by atoms with Gasteiger partial charge in [0.1, 0.15) is 0 Å². The van der Waals surface area contributed by atoms with Crippen molar-refractivity contribution >= 4 is 0 Å². The number of nitrogens with two attached hydrogens (primary N) is 1. The van der Waals surface area contributed by atoms with Crippen molar-refractivity contribution in [1.82, 2.24) is 0 Å². The van der Waals surface area contributed by atoms with E-state index < -0.39 is 0 Å². The molecular weight excluding hydrogens is 150 g/mol. The summed E-state index contributed by atoms with van der Waals surface area (Å²) in [4.78, 5) is 0. The van der Waals surface area contributed by atoms with Crippen molar-refractivity contribution in [3.05, 3.63) is 0 Å². The van der Waals surface area contributed by atoms with Gasteiger partial charge in [-0.15, -0.1) is 0 Å². The molecule has 0 heterocycles. The van der Waals surface area contributed by atoms with Crippen molar-refractivity contribution in [2.24, 2.45) is 11.7 Å². The number of unbranched alkanes of at least 4 members (excludes halogenated alkanes) is 3. The van der Waals surface area contributed by atoms with Gasteiger partial charge in [0, 0.05) is 0 Å². The summed E-state index contributed by atoms with van der Waals surface area (Å²) in [5, 5.41) is 9.20. The van der Waals surface area contributed by atoms with E-state index in [2.05, 4.69) is 6.92 Å². The van der Waals surface area contributed by atoms with Crippen molar-refractivity contribution in [1.29, 1.82) is 0 Å². The number of hydrogen-bond donors (Lipinski definition) is 2. The third kappa shape index (κ3) is 6.62. The van der Waals surface area contributed by atoms with Crippen LogP contribution in [0.3, 0.4) is 0 Å². The maximum absolute atomic E-state index is 9.20. The molecule has 0 rings (SSSR count). The minimum absolute atomic E-state index is 0.153. The Balaban J connectivity index is 3.08. The molecule has 0 fully saturated rings. The highest BCUT2D eigenvalue weighted by atomic mass is 16.3. The molecule has 0 unspecified atom stereocenters.